The van der Waals surface area contributed by atoms with Crippen LogP contribution in [0.25, 0.3) is 11.1 Å². The van der Waals surface area contributed by atoms with Gasteiger partial charge in [-0.25, -0.2) is 0 Å². The summed E-state index contributed by atoms with van der Waals surface area (Å²) in [4.78, 5) is 13.6. The Kier molecular flexibility index (Phi) is 6.64. The molecule has 4 nitrogen and oxygen atoms in total. The Morgan fingerprint density at radius 1 is 1.15 bits per heavy atom. The van der Waals surface area contributed by atoms with E-state index in [2.05, 4.69) is 49.4 Å². The Labute approximate surface area is 162 Å². The Hall–Kier alpha value is -2.17. The number of ether oxygens (including phenoxy) is 2. The monoisotopic (exact) mass is 367 g/mol. The zero-order chi connectivity index (χ0) is 19.2. The molecule has 0 bridgehead atoms. The SMILES string of the molecule is CCOC(=O)CN(C)CCCC1OC(C)c2c(-c3ccccc3)cccc21. The van der Waals surface area contributed by atoms with E-state index < -0.39 is 0 Å². The predicted octanol–water partition coefficient (Wildman–Crippen LogP) is 4.76. The van der Waals surface area contributed by atoms with E-state index in [9.17, 15) is 4.79 Å². The molecule has 0 saturated heterocycles. The van der Waals surface area contributed by atoms with Gasteiger partial charge in [-0.2, -0.15) is 0 Å². The van der Waals surface area contributed by atoms with Gasteiger partial charge in [-0.3, -0.25) is 9.69 Å². The highest BCUT2D eigenvalue weighted by Gasteiger charge is 2.30. The zero-order valence-corrected chi connectivity index (χ0v) is 16.5. The number of nitrogens with zero attached hydrogens (tertiary/aromatic N) is 1. The normalized spacial score (nSPS) is 18.5. The van der Waals surface area contributed by atoms with Gasteiger partial charge in [0.1, 0.15) is 0 Å². The third-order valence-electron chi connectivity index (χ3n) is 5.06. The molecule has 0 fully saturated rings. The van der Waals surface area contributed by atoms with Crippen molar-refractivity contribution in [1.29, 1.82) is 0 Å². The van der Waals surface area contributed by atoms with Gasteiger partial charge in [0.25, 0.3) is 0 Å². The van der Waals surface area contributed by atoms with Gasteiger partial charge in [-0.05, 0) is 62.5 Å². The Balaban J connectivity index is 1.64. The number of benzene rings is 2. The molecule has 0 aromatic heterocycles. The van der Waals surface area contributed by atoms with Crippen molar-refractivity contribution in [3.05, 3.63) is 59.7 Å². The van der Waals surface area contributed by atoms with Crippen molar-refractivity contribution < 1.29 is 14.3 Å². The summed E-state index contributed by atoms with van der Waals surface area (Å²) >= 11 is 0. The number of esters is 1. The van der Waals surface area contributed by atoms with Crippen molar-refractivity contribution >= 4 is 5.97 Å². The van der Waals surface area contributed by atoms with Gasteiger partial charge in [0.2, 0.25) is 0 Å². The van der Waals surface area contributed by atoms with E-state index in [-0.39, 0.29) is 18.2 Å². The van der Waals surface area contributed by atoms with Crippen LogP contribution >= 0.6 is 0 Å². The summed E-state index contributed by atoms with van der Waals surface area (Å²) < 4.78 is 11.3. The van der Waals surface area contributed by atoms with E-state index >= 15 is 0 Å². The van der Waals surface area contributed by atoms with Gasteiger partial charge in [-0.1, -0.05) is 48.5 Å². The first-order valence-electron chi connectivity index (χ1n) is 9.78. The van der Waals surface area contributed by atoms with Crippen LogP contribution in [0.15, 0.2) is 48.5 Å². The summed E-state index contributed by atoms with van der Waals surface area (Å²) in [7, 11) is 1.95. The van der Waals surface area contributed by atoms with Crippen molar-refractivity contribution in [2.75, 3.05) is 26.7 Å². The highest BCUT2D eigenvalue weighted by Crippen LogP contribution is 2.45. The molecule has 1 heterocycles. The van der Waals surface area contributed by atoms with E-state index in [1.165, 1.54) is 22.3 Å². The van der Waals surface area contributed by atoms with Crippen LogP contribution in [0.4, 0.5) is 0 Å². The van der Waals surface area contributed by atoms with Crippen LogP contribution in [0.5, 0.6) is 0 Å². The smallest absolute Gasteiger partial charge is 0.320 e. The second-order valence-corrected chi connectivity index (χ2v) is 7.13. The zero-order valence-electron chi connectivity index (χ0n) is 16.5. The summed E-state index contributed by atoms with van der Waals surface area (Å²) in [6, 6.07) is 17.0. The summed E-state index contributed by atoms with van der Waals surface area (Å²) in [5.74, 6) is -0.163. The predicted molar refractivity (Wildman–Crippen MR) is 107 cm³/mol. The fourth-order valence-corrected chi connectivity index (χ4v) is 3.85. The van der Waals surface area contributed by atoms with Crippen molar-refractivity contribution in [3.63, 3.8) is 0 Å². The average molecular weight is 367 g/mol. The van der Waals surface area contributed by atoms with E-state index in [0.717, 1.165) is 19.4 Å². The van der Waals surface area contributed by atoms with Gasteiger partial charge in [0.15, 0.2) is 0 Å². The minimum atomic E-state index is -0.163. The average Bonchev–Trinajstić information content (AvgIpc) is 2.99. The van der Waals surface area contributed by atoms with E-state index in [0.29, 0.717) is 13.2 Å². The lowest BCUT2D eigenvalue weighted by molar-refractivity contribution is -0.144. The van der Waals surface area contributed by atoms with Crippen molar-refractivity contribution in [1.82, 2.24) is 4.90 Å². The van der Waals surface area contributed by atoms with Gasteiger partial charge in [0, 0.05) is 0 Å². The number of carbonyl (C=O) groups is 1. The first-order chi connectivity index (χ1) is 13.1. The lowest BCUT2D eigenvalue weighted by Crippen LogP contribution is -2.28. The molecule has 3 rings (SSSR count). The van der Waals surface area contributed by atoms with Crippen LogP contribution in [-0.2, 0) is 14.3 Å². The number of likely N-dealkylation sites (N-methyl/N-ethyl adjacent to an activating group) is 1. The number of hydrogen-bond acceptors (Lipinski definition) is 4. The molecule has 0 spiro atoms. The number of hydrogen-bond donors (Lipinski definition) is 0. The fourth-order valence-electron chi connectivity index (χ4n) is 3.85. The third-order valence-corrected chi connectivity index (χ3v) is 5.06. The molecule has 0 radical (unpaired) electrons. The minimum Gasteiger partial charge on any atom is -0.465 e. The molecule has 0 amide bonds. The lowest BCUT2D eigenvalue weighted by Gasteiger charge is -2.17. The maximum absolute atomic E-state index is 11.6. The quantitative estimate of drug-likeness (QED) is 0.631. The standard InChI is InChI=1S/C23H29NO3/c1-4-26-22(25)16-24(3)15-9-14-21-20-13-8-12-19(23(20)17(2)27-21)18-10-6-5-7-11-18/h5-8,10-13,17,21H,4,9,14-16H2,1-3H3. The summed E-state index contributed by atoms with van der Waals surface area (Å²) in [5.41, 5.74) is 5.12. The van der Waals surface area contributed by atoms with E-state index in [1.807, 2.05) is 24.9 Å². The molecule has 144 valence electrons. The van der Waals surface area contributed by atoms with E-state index in [4.69, 9.17) is 9.47 Å². The van der Waals surface area contributed by atoms with Crippen molar-refractivity contribution in [3.8, 4) is 11.1 Å². The van der Waals surface area contributed by atoms with Crippen LogP contribution in [0.1, 0.15) is 50.0 Å². The first-order valence-corrected chi connectivity index (χ1v) is 9.78. The molecule has 0 saturated carbocycles. The van der Waals surface area contributed by atoms with Gasteiger partial charge < -0.3 is 9.47 Å². The fraction of sp³-hybridized carbons (Fsp3) is 0.435. The van der Waals surface area contributed by atoms with Gasteiger partial charge in [0.05, 0.1) is 25.4 Å². The largest absolute Gasteiger partial charge is 0.465 e. The second-order valence-electron chi connectivity index (χ2n) is 7.13. The molecule has 1 aliphatic rings. The molecule has 2 atom stereocenters. The summed E-state index contributed by atoms with van der Waals surface area (Å²) in [6.07, 6.45) is 2.14. The van der Waals surface area contributed by atoms with Gasteiger partial charge >= 0.3 is 5.97 Å². The lowest BCUT2D eigenvalue weighted by atomic mass is 9.91. The molecule has 0 N–H and O–H groups in total. The molecule has 1 aliphatic heterocycles. The molecule has 4 heteroatoms. The molecular formula is C23H29NO3. The Morgan fingerprint density at radius 3 is 2.67 bits per heavy atom. The number of rotatable bonds is 8. The van der Waals surface area contributed by atoms with Crippen LogP contribution in [-0.4, -0.2) is 37.6 Å². The molecule has 2 unspecified atom stereocenters. The van der Waals surface area contributed by atoms with Crippen LogP contribution in [0, 0.1) is 0 Å². The minimum absolute atomic E-state index is 0.0960. The topological polar surface area (TPSA) is 38.8 Å². The molecule has 2 aromatic rings. The molecule has 27 heavy (non-hydrogen) atoms. The summed E-state index contributed by atoms with van der Waals surface area (Å²) in [6.45, 7) is 5.59. The Bertz CT molecular complexity index is 759. The third kappa shape index (κ3) is 4.76. The van der Waals surface area contributed by atoms with Crippen LogP contribution in [0.3, 0.4) is 0 Å². The van der Waals surface area contributed by atoms with Crippen LogP contribution < -0.4 is 0 Å². The maximum atomic E-state index is 11.6. The van der Waals surface area contributed by atoms with Crippen molar-refractivity contribution in [2.24, 2.45) is 0 Å². The van der Waals surface area contributed by atoms with E-state index in [1.54, 1.807) is 0 Å². The van der Waals surface area contributed by atoms with Crippen molar-refractivity contribution in [2.45, 2.75) is 38.9 Å². The summed E-state index contributed by atoms with van der Waals surface area (Å²) in [5, 5.41) is 0. The Morgan fingerprint density at radius 2 is 1.93 bits per heavy atom. The highest BCUT2D eigenvalue weighted by molar-refractivity contribution is 5.71. The molecule has 0 aliphatic carbocycles. The maximum Gasteiger partial charge on any atom is 0.320 e. The van der Waals surface area contributed by atoms with Gasteiger partial charge in [-0.15, -0.1) is 0 Å². The van der Waals surface area contributed by atoms with Crippen LogP contribution in [0.2, 0.25) is 0 Å². The highest BCUT2D eigenvalue weighted by atomic mass is 16.5. The number of fused-ring (bicyclic) bond motifs is 1. The molecule has 2 aromatic carbocycles. The molecular weight excluding hydrogens is 338 g/mol. The first kappa shape index (κ1) is 19.6. The number of carbonyl (C=O) groups excluding carboxylic acids is 1. The second kappa shape index (κ2) is 9.16.